The van der Waals surface area contributed by atoms with Crippen molar-refractivity contribution in [1.82, 2.24) is 0 Å². The Bertz CT molecular complexity index is 5050. The highest BCUT2D eigenvalue weighted by Crippen LogP contribution is 2.74. The minimum atomic E-state index is -8.92. The summed E-state index contributed by atoms with van der Waals surface area (Å²) in [5.74, 6) is -107. The number of unbranched alkanes of at least 4 members (excludes halogenated alkanes) is 3. The Morgan fingerprint density at radius 3 is 0.814 bits per heavy atom. The summed E-state index contributed by atoms with van der Waals surface area (Å²) in [5, 5.41) is -1.50. The zero-order valence-corrected chi connectivity index (χ0v) is 58.0. The van der Waals surface area contributed by atoms with Crippen molar-refractivity contribution in [3.63, 3.8) is 0 Å². The molecule has 13 rings (SSSR count). The smallest absolute Gasteiger partial charge is 0.204 e. The lowest BCUT2D eigenvalue weighted by molar-refractivity contribution is -0.280. The van der Waals surface area contributed by atoms with Crippen molar-refractivity contribution in [3.05, 3.63) is 261 Å². The van der Waals surface area contributed by atoms with Gasteiger partial charge in [-0.1, -0.05) is 68.7 Å². The van der Waals surface area contributed by atoms with E-state index in [4.69, 9.17) is 0 Å². The summed E-state index contributed by atoms with van der Waals surface area (Å²) in [5.41, 5.74) is -42.9. The highest BCUT2D eigenvalue weighted by atomic mass is 31.1. The fourth-order valence-corrected chi connectivity index (χ4v) is 29.2. The molecule has 0 bridgehead atoms. The van der Waals surface area contributed by atoms with Gasteiger partial charge in [0, 0.05) is 57.0 Å². The highest BCUT2D eigenvalue weighted by molar-refractivity contribution is 7.66. The third-order valence-electron chi connectivity index (χ3n) is 21.2. The van der Waals surface area contributed by atoms with Gasteiger partial charge >= 0.3 is 17.5 Å². The summed E-state index contributed by atoms with van der Waals surface area (Å²) in [6.45, 7) is 4.75. The first-order valence-corrected chi connectivity index (χ1v) is 37.1. The third kappa shape index (κ3) is 11.7. The largest absolute Gasteiger partial charge is 0.424 e. The Labute approximate surface area is 611 Å². The standard InChI is InChI=1S/C21H27F10P.4C13H2F7.Al/c1-4-6-7-8-10-19(26,27)20(28,29)21(30,31)32(12-13(3)9-5-2)15-11-14(22)16(23)18(25)17(15)24;4*14-5-2-3-1-4-7(6(3)10(17)9(5)16)11(18)13(20)12(19)8(4)15;/h11,13H,4-10,12H2,1-3H3;4*1-2H;/q;;;;;-1/p+1. The van der Waals surface area contributed by atoms with Gasteiger partial charge in [0.15, 0.2) is 188 Å². The summed E-state index contributed by atoms with van der Waals surface area (Å²) < 4.78 is 589. The summed E-state index contributed by atoms with van der Waals surface area (Å²) in [4.78, 5) is 0. The Balaban J connectivity index is 0.000000312. The summed E-state index contributed by atoms with van der Waals surface area (Å²) in [6.07, 6.45) is -1.03. The Kier molecular flexibility index (Phi) is 21.4. The van der Waals surface area contributed by atoms with Crippen LogP contribution in [0.15, 0.2) is 30.3 Å². The van der Waals surface area contributed by atoms with E-state index in [0.29, 0.717) is 19.3 Å². The molecule has 0 aromatic heterocycles. The van der Waals surface area contributed by atoms with E-state index in [1.165, 1.54) is 6.92 Å². The van der Waals surface area contributed by atoms with Gasteiger partial charge in [0.05, 0.1) is 6.16 Å². The fourth-order valence-electron chi connectivity index (χ4n) is 16.9. The molecule has 9 aromatic rings. The lowest BCUT2D eigenvalue weighted by Gasteiger charge is -2.57. The van der Waals surface area contributed by atoms with Crippen LogP contribution in [0.2, 0.25) is 0 Å². The van der Waals surface area contributed by atoms with Crippen molar-refractivity contribution in [2.24, 2.45) is 5.92 Å². The van der Waals surface area contributed by atoms with E-state index < -0.39 is 387 Å². The lowest BCUT2D eigenvalue weighted by atomic mass is 10.0. The van der Waals surface area contributed by atoms with Gasteiger partial charge in [-0.15, -0.1) is 19.1 Å². The number of alkyl halides is 6. The van der Waals surface area contributed by atoms with Crippen LogP contribution in [0.5, 0.6) is 0 Å². The zero-order chi connectivity index (χ0) is 83.9. The second kappa shape index (κ2) is 28.9. The number of rotatable bonds is 17. The molecule has 0 nitrogen and oxygen atoms in total. The van der Waals surface area contributed by atoms with Gasteiger partial charge in [-0.25, -0.2) is 136 Å². The number of hydrogen-bond donors (Lipinski definition) is 0. The molecule has 4 aliphatic carbocycles. The van der Waals surface area contributed by atoms with E-state index in [2.05, 4.69) is 0 Å². The van der Waals surface area contributed by atoms with Crippen molar-refractivity contribution in [3.8, 4) is 44.5 Å². The monoisotopic (exact) mass is 1690 g/mol. The van der Waals surface area contributed by atoms with Crippen LogP contribution in [0, 0.1) is 192 Å². The molecule has 9 aromatic carbocycles. The van der Waals surface area contributed by atoms with E-state index in [1.807, 2.05) is 0 Å². The normalized spacial score (nSPS) is 17.0. The average molecular weight is 1690 g/mol. The van der Waals surface area contributed by atoms with Crippen LogP contribution in [-0.4, -0.2) is 36.7 Å². The van der Waals surface area contributed by atoms with Crippen molar-refractivity contribution in [1.29, 1.82) is 0 Å². The van der Waals surface area contributed by atoms with Crippen molar-refractivity contribution in [2.75, 3.05) is 6.16 Å². The van der Waals surface area contributed by atoms with Gasteiger partial charge in [0.1, 0.15) is 13.2 Å². The van der Waals surface area contributed by atoms with E-state index in [1.54, 1.807) is 13.8 Å². The van der Waals surface area contributed by atoms with Gasteiger partial charge in [0.25, 0.3) is 0 Å². The molecule has 0 amide bonds. The van der Waals surface area contributed by atoms with Gasteiger partial charge in [0.2, 0.25) is 11.6 Å². The Hall–Kier alpha value is -8.72. The second-order valence-corrected chi connectivity index (χ2v) is 34.6. The van der Waals surface area contributed by atoms with E-state index in [9.17, 15) is 35.1 Å². The molecule has 0 fully saturated rings. The van der Waals surface area contributed by atoms with Crippen LogP contribution in [-0.2, 0) is 0 Å². The van der Waals surface area contributed by atoms with Crippen LogP contribution < -0.4 is 5.30 Å². The van der Waals surface area contributed by atoms with Crippen LogP contribution in [0.4, 0.5) is 167 Å². The molecule has 0 saturated carbocycles. The van der Waals surface area contributed by atoms with Crippen molar-refractivity contribution < 1.29 is 167 Å². The Morgan fingerprint density at radius 1 is 0.292 bits per heavy atom. The Morgan fingerprint density at radius 2 is 0.540 bits per heavy atom. The molecule has 4 aliphatic rings. The zero-order valence-electron chi connectivity index (χ0n) is 55.9. The van der Waals surface area contributed by atoms with E-state index >= 15 is 132 Å². The SMILES string of the molecule is CCCCCCC(F)(F)C(F)(F)C(F)(F)[PH+](CC(C)CCC)c1cc(F)c(F)c(F)c1F.Fc1cc2c(c(F)c1F)-c1c(F)c(F)c(F)c(F)c1[CH]2[Al-]([CH]1c2cc(F)c(F)c(F)c2-c2c(F)c(F)c(F)c(F)c21)([CH]1c2cc(F)c(F)c(F)c2-c2c(F)c(F)c(F)c(F)c21)[CH]1c2cc(F)c(F)c(F)c2-c2c(F)c(F)c(F)c(F)c21. The van der Waals surface area contributed by atoms with Gasteiger partial charge < -0.3 is 0 Å². The maximum atomic E-state index is 17.7. The maximum Gasteiger partial charge on any atom is 0.424 e. The highest BCUT2D eigenvalue weighted by Gasteiger charge is 2.78. The molecule has 0 heterocycles. The quantitative estimate of drug-likeness (QED) is 0.0213. The fraction of sp³-hybridized carbons (Fsp3) is 0.260. The first-order valence-electron chi connectivity index (χ1n) is 32.7. The molecule has 113 heavy (non-hydrogen) atoms. The molecule has 0 N–H and O–H groups in total. The minimum Gasteiger partial charge on any atom is -0.204 e. The molecule has 0 saturated heterocycles. The molecule has 40 heteroatoms. The molecule has 0 spiro atoms. The topological polar surface area (TPSA) is 0 Å². The molecular weight excluding hydrogens is 1660 g/mol. The molecule has 6 unspecified atom stereocenters. The van der Waals surface area contributed by atoms with Crippen LogP contribution >= 0.6 is 7.92 Å². The number of fused-ring (bicyclic) bond motifs is 12. The minimum absolute atomic E-state index is 0.121. The van der Waals surface area contributed by atoms with Crippen LogP contribution in [0.25, 0.3) is 44.5 Å². The predicted molar refractivity (Wildman–Crippen MR) is 326 cm³/mol. The molecule has 0 aliphatic heterocycles. The van der Waals surface area contributed by atoms with Crippen LogP contribution in [0.3, 0.4) is 0 Å². The maximum absolute atomic E-state index is 17.7. The summed E-state index contributed by atoms with van der Waals surface area (Å²) in [6, 6.07) is -2.50. The van der Waals surface area contributed by atoms with Crippen molar-refractivity contribution in [2.45, 2.75) is 102 Å². The van der Waals surface area contributed by atoms with Gasteiger partial charge in [-0.05, 0) is 65.3 Å². The second-order valence-electron chi connectivity index (χ2n) is 27.1. The third-order valence-corrected chi connectivity index (χ3v) is 31.8. The first kappa shape index (κ1) is 83.7. The number of benzene rings is 9. The van der Waals surface area contributed by atoms with Crippen LogP contribution in [0.1, 0.15) is 129 Å². The van der Waals surface area contributed by atoms with E-state index in [-0.39, 0.29) is 18.9 Å². The number of hydrogen-bond acceptors (Lipinski definition) is 0. The van der Waals surface area contributed by atoms with Gasteiger partial charge in [-0.3, -0.25) is 0 Å². The molecule has 0 radical (unpaired) electrons. The average Bonchev–Trinajstić information content (AvgIpc) is 1.47. The molecule has 602 valence electrons. The molecule has 6 atom stereocenters. The number of halogens is 38. The lowest BCUT2D eigenvalue weighted by Crippen LogP contribution is -2.59. The van der Waals surface area contributed by atoms with Gasteiger partial charge in [-0.2, -0.15) is 30.7 Å². The molecular formula is C73H36AlF38P. The summed E-state index contributed by atoms with van der Waals surface area (Å²) in [7, 11) is -4.37. The summed E-state index contributed by atoms with van der Waals surface area (Å²) >= 11 is -8.92. The first-order chi connectivity index (χ1) is 52.6. The van der Waals surface area contributed by atoms with E-state index in [0.717, 1.165) is 0 Å². The predicted octanol–water partition coefficient (Wildman–Crippen LogP) is 25.1. The van der Waals surface area contributed by atoms with Crippen molar-refractivity contribution >= 4 is 26.3 Å².